The van der Waals surface area contributed by atoms with Crippen LogP contribution in [0.2, 0.25) is 0 Å². The molecule has 5 atom stereocenters. The van der Waals surface area contributed by atoms with Crippen LogP contribution in [0.4, 0.5) is 0 Å². The summed E-state index contributed by atoms with van der Waals surface area (Å²) in [4.78, 5) is 0. The van der Waals surface area contributed by atoms with E-state index in [1.165, 1.54) is 11.8 Å². The van der Waals surface area contributed by atoms with Crippen LogP contribution < -0.4 is 5.32 Å². The SMILES string of the molecule is CNCCCCS[C@@H]1OC(CO)[C@H](O)C(O)C1O. The second kappa shape index (κ2) is 8.31. The number of hydrogen-bond acceptors (Lipinski definition) is 7. The van der Waals surface area contributed by atoms with Crippen molar-refractivity contribution in [3.05, 3.63) is 0 Å². The molecule has 1 rings (SSSR count). The molecule has 0 bridgehead atoms. The minimum Gasteiger partial charge on any atom is -0.394 e. The zero-order chi connectivity index (χ0) is 13.5. The van der Waals surface area contributed by atoms with Crippen LogP contribution >= 0.6 is 11.8 Å². The van der Waals surface area contributed by atoms with Gasteiger partial charge in [-0.3, -0.25) is 0 Å². The maximum Gasteiger partial charge on any atom is 0.132 e. The van der Waals surface area contributed by atoms with E-state index in [1.807, 2.05) is 7.05 Å². The van der Waals surface area contributed by atoms with E-state index < -0.39 is 29.9 Å². The first-order valence-electron chi connectivity index (χ1n) is 6.18. The molecule has 18 heavy (non-hydrogen) atoms. The van der Waals surface area contributed by atoms with E-state index in [0.29, 0.717) is 0 Å². The first-order chi connectivity index (χ1) is 8.61. The van der Waals surface area contributed by atoms with Crippen molar-refractivity contribution in [1.82, 2.24) is 5.32 Å². The molecule has 108 valence electrons. The lowest BCUT2D eigenvalue weighted by molar-refractivity contribution is -0.205. The number of aliphatic hydroxyl groups excluding tert-OH is 4. The first kappa shape index (κ1) is 16.2. The van der Waals surface area contributed by atoms with Gasteiger partial charge in [-0.25, -0.2) is 0 Å². The second-order valence-electron chi connectivity index (χ2n) is 4.38. The molecule has 0 saturated carbocycles. The lowest BCUT2D eigenvalue weighted by atomic mass is 10.0. The van der Waals surface area contributed by atoms with Crippen molar-refractivity contribution in [2.75, 3.05) is 26.0 Å². The standard InChI is InChI=1S/C11H23NO5S/c1-12-4-2-3-5-18-11-10(16)9(15)8(14)7(6-13)17-11/h7-16H,2-6H2,1H3/t7?,8-,9?,10?,11-/m0/s1. The van der Waals surface area contributed by atoms with Gasteiger partial charge >= 0.3 is 0 Å². The predicted molar refractivity (Wildman–Crippen MR) is 69.4 cm³/mol. The molecule has 5 N–H and O–H groups in total. The molecule has 0 aromatic rings. The number of unbranched alkanes of at least 4 members (excludes halogenated alkanes) is 1. The molecule has 7 heteroatoms. The van der Waals surface area contributed by atoms with Gasteiger partial charge < -0.3 is 30.5 Å². The fourth-order valence-corrected chi connectivity index (χ4v) is 2.99. The van der Waals surface area contributed by atoms with Gasteiger partial charge in [-0.05, 0) is 32.2 Å². The highest BCUT2D eigenvalue weighted by molar-refractivity contribution is 7.99. The molecule has 0 aromatic carbocycles. The summed E-state index contributed by atoms with van der Waals surface area (Å²) < 4.78 is 5.37. The Morgan fingerprint density at radius 2 is 1.83 bits per heavy atom. The molecular weight excluding hydrogens is 258 g/mol. The van der Waals surface area contributed by atoms with Crippen LogP contribution in [-0.2, 0) is 4.74 Å². The average Bonchev–Trinajstić information content (AvgIpc) is 2.38. The Hall–Kier alpha value is 0.110. The third-order valence-corrected chi connectivity index (χ3v) is 4.19. The number of nitrogens with one attached hydrogen (secondary N) is 1. The van der Waals surface area contributed by atoms with Gasteiger partial charge in [-0.2, -0.15) is 0 Å². The van der Waals surface area contributed by atoms with Gasteiger partial charge in [0.05, 0.1) is 6.61 Å². The van der Waals surface area contributed by atoms with E-state index in [-0.39, 0.29) is 6.61 Å². The summed E-state index contributed by atoms with van der Waals surface area (Å²) in [5, 5.41) is 41.1. The van der Waals surface area contributed by atoms with E-state index in [9.17, 15) is 15.3 Å². The maximum absolute atomic E-state index is 9.77. The van der Waals surface area contributed by atoms with Crippen LogP contribution in [0, 0.1) is 0 Å². The highest BCUT2D eigenvalue weighted by Gasteiger charge is 2.43. The predicted octanol–water partition coefficient (Wildman–Crippen LogP) is -1.48. The van der Waals surface area contributed by atoms with Gasteiger partial charge in [0.15, 0.2) is 0 Å². The molecule has 0 aromatic heterocycles. The van der Waals surface area contributed by atoms with Gasteiger partial charge in [0.25, 0.3) is 0 Å². The van der Waals surface area contributed by atoms with Crippen LogP contribution in [0.5, 0.6) is 0 Å². The van der Waals surface area contributed by atoms with Crippen molar-refractivity contribution in [2.24, 2.45) is 0 Å². The Labute approximate surface area is 111 Å². The number of ether oxygens (including phenoxy) is 1. The summed E-state index contributed by atoms with van der Waals surface area (Å²) in [5.74, 6) is 0.796. The zero-order valence-corrected chi connectivity index (χ0v) is 11.3. The zero-order valence-electron chi connectivity index (χ0n) is 10.5. The van der Waals surface area contributed by atoms with E-state index in [1.54, 1.807) is 0 Å². The van der Waals surface area contributed by atoms with Gasteiger partial charge in [0.2, 0.25) is 0 Å². The Balaban J connectivity index is 2.35. The van der Waals surface area contributed by atoms with Crippen molar-refractivity contribution in [1.29, 1.82) is 0 Å². The van der Waals surface area contributed by atoms with Crippen molar-refractivity contribution in [2.45, 2.75) is 42.7 Å². The first-order valence-corrected chi connectivity index (χ1v) is 7.23. The number of thioether (sulfide) groups is 1. The highest BCUT2D eigenvalue weighted by Crippen LogP contribution is 2.28. The van der Waals surface area contributed by atoms with Crippen molar-refractivity contribution >= 4 is 11.8 Å². The Kier molecular flexibility index (Phi) is 7.47. The maximum atomic E-state index is 9.77. The topological polar surface area (TPSA) is 102 Å². The van der Waals surface area contributed by atoms with E-state index >= 15 is 0 Å². The largest absolute Gasteiger partial charge is 0.394 e. The molecule has 0 amide bonds. The monoisotopic (exact) mass is 281 g/mol. The van der Waals surface area contributed by atoms with Gasteiger partial charge in [0, 0.05) is 0 Å². The molecule has 6 nitrogen and oxygen atoms in total. The van der Waals surface area contributed by atoms with Crippen LogP contribution in [0.25, 0.3) is 0 Å². The smallest absolute Gasteiger partial charge is 0.132 e. The number of rotatable bonds is 7. The lowest BCUT2D eigenvalue weighted by Crippen LogP contribution is -2.57. The second-order valence-corrected chi connectivity index (χ2v) is 5.58. The average molecular weight is 281 g/mol. The van der Waals surface area contributed by atoms with Crippen LogP contribution in [0.3, 0.4) is 0 Å². The molecule has 1 saturated heterocycles. The Morgan fingerprint density at radius 3 is 2.44 bits per heavy atom. The fourth-order valence-electron chi connectivity index (χ4n) is 1.81. The minimum absolute atomic E-state index is 0.373. The Bertz CT molecular complexity index is 231. The highest BCUT2D eigenvalue weighted by atomic mass is 32.2. The van der Waals surface area contributed by atoms with Crippen molar-refractivity contribution < 1.29 is 25.2 Å². The van der Waals surface area contributed by atoms with Crippen molar-refractivity contribution in [3.8, 4) is 0 Å². The van der Waals surface area contributed by atoms with Gasteiger partial charge in [-0.15, -0.1) is 11.8 Å². The summed E-state index contributed by atoms with van der Waals surface area (Å²) in [5.41, 5.74) is -0.602. The van der Waals surface area contributed by atoms with Gasteiger partial charge in [-0.1, -0.05) is 0 Å². The van der Waals surface area contributed by atoms with Crippen LogP contribution in [0.1, 0.15) is 12.8 Å². The summed E-state index contributed by atoms with van der Waals surface area (Å²) in [6, 6.07) is 0. The molecule has 1 heterocycles. The summed E-state index contributed by atoms with van der Waals surface area (Å²) in [6.07, 6.45) is -2.48. The number of aliphatic hydroxyl groups is 4. The van der Waals surface area contributed by atoms with Crippen molar-refractivity contribution in [3.63, 3.8) is 0 Å². The van der Waals surface area contributed by atoms with Gasteiger partial charge in [0.1, 0.15) is 29.9 Å². The quantitative estimate of drug-likeness (QED) is 0.363. The third kappa shape index (κ3) is 4.34. The van der Waals surface area contributed by atoms with E-state index in [4.69, 9.17) is 9.84 Å². The molecule has 1 aliphatic heterocycles. The van der Waals surface area contributed by atoms with Crippen LogP contribution in [0.15, 0.2) is 0 Å². The summed E-state index contributed by atoms with van der Waals surface area (Å²) >= 11 is 1.40. The summed E-state index contributed by atoms with van der Waals surface area (Å²) in [7, 11) is 1.89. The summed E-state index contributed by atoms with van der Waals surface area (Å²) in [6.45, 7) is 0.566. The fraction of sp³-hybridized carbons (Fsp3) is 1.00. The lowest BCUT2D eigenvalue weighted by Gasteiger charge is -2.39. The normalized spacial score (nSPS) is 36.8. The molecule has 0 radical (unpaired) electrons. The van der Waals surface area contributed by atoms with E-state index in [0.717, 1.165) is 25.1 Å². The number of hydrogen-bond donors (Lipinski definition) is 5. The van der Waals surface area contributed by atoms with E-state index in [2.05, 4.69) is 5.32 Å². The minimum atomic E-state index is -1.27. The molecular formula is C11H23NO5S. The molecule has 0 spiro atoms. The molecule has 0 aliphatic carbocycles. The molecule has 1 fully saturated rings. The Morgan fingerprint density at radius 1 is 1.11 bits per heavy atom. The molecule has 1 aliphatic rings. The molecule has 3 unspecified atom stereocenters. The van der Waals surface area contributed by atoms with Crippen LogP contribution in [-0.4, -0.2) is 76.2 Å². The third-order valence-electron chi connectivity index (χ3n) is 2.95.